The summed E-state index contributed by atoms with van der Waals surface area (Å²) in [7, 11) is 0. The van der Waals surface area contributed by atoms with E-state index in [1.807, 2.05) is 38.1 Å². The molecule has 7 heteroatoms. The summed E-state index contributed by atoms with van der Waals surface area (Å²) in [5.41, 5.74) is 2.08. The Hall–Kier alpha value is -2.44. The third kappa shape index (κ3) is 4.34. The first-order chi connectivity index (χ1) is 13.3. The number of aliphatic hydroxyl groups is 1. The second kappa shape index (κ2) is 8.29. The molecule has 0 aliphatic carbocycles. The molecular weight excluding hydrogens is 378 g/mol. The quantitative estimate of drug-likeness (QED) is 0.778. The van der Waals surface area contributed by atoms with E-state index in [1.165, 1.54) is 4.90 Å². The van der Waals surface area contributed by atoms with Crippen LogP contribution < -0.4 is 5.32 Å². The zero-order chi connectivity index (χ0) is 20.3. The van der Waals surface area contributed by atoms with E-state index in [0.29, 0.717) is 11.4 Å². The van der Waals surface area contributed by atoms with Gasteiger partial charge in [-0.15, -0.1) is 0 Å². The molecule has 0 radical (unpaired) electrons. The molecule has 0 saturated carbocycles. The van der Waals surface area contributed by atoms with Gasteiger partial charge in [-0.25, -0.2) is 0 Å². The molecule has 28 heavy (non-hydrogen) atoms. The zero-order valence-electron chi connectivity index (χ0n) is 16.0. The van der Waals surface area contributed by atoms with Crippen LogP contribution in [0, 0.1) is 12.3 Å². The molecule has 1 aromatic heterocycles. The van der Waals surface area contributed by atoms with Crippen LogP contribution in [-0.2, 0) is 16.0 Å². The summed E-state index contributed by atoms with van der Waals surface area (Å²) in [5, 5.41) is 12.8. The molecule has 0 spiro atoms. The fourth-order valence-electron chi connectivity index (χ4n) is 3.46. The first kappa shape index (κ1) is 20.3. The Morgan fingerprint density at radius 1 is 1.25 bits per heavy atom. The first-order valence-electron chi connectivity index (χ1n) is 9.19. The number of aromatic nitrogens is 1. The zero-order valence-corrected chi connectivity index (χ0v) is 16.7. The number of aryl methyl sites for hydroxylation is 1. The number of nitrogens with one attached hydrogen (secondary N) is 1. The molecule has 2 amide bonds. The third-order valence-electron chi connectivity index (χ3n) is 5.19. The van der Waals surface area contributed by atoms with Crippen molar-refractivity contribution in [1.82, 2.24) is 15.2 Å². The normalized spacial score (nSPS) is 16.2. The largest absolute Gasteiger partial charge is 0.387 e. The lowest BCUT2D eigenvalue weighted by Gasteiger charge is -2.49. The van der Waals surface area contributed by atoms with Crippen LogP contribution >= 0.6 is 11.6 Å². The monoisotopic (exact) mass is 401 g/mol. The SMILES string of the molecule is Cc1ccc(C(C)NC(=O)C2(Cc3ccc(Cl)cc3)CN(C(=O)CO)C2)cn1. The van der Waals surface area contributed by atoms with Gasteiger partial charge in [0.15, 0.2) is 0 Å². The molecule has 2 N–H and O–H groups in total. The predicted molar refractivity (Wildman–Crippen MR) is 107 cm³/mol. The first-order valence-corrected chi connectivity index (χ1v) is 9.57. The molecule has 1 saturated heterocycles. The van der Waals surface area contributed by atoms with E-state index in [-0.39, 0.29) is 30.9 Å². The van der Waals surface area contributed by atoms with Crippen molar-refractivity contribution < 1.29 is 14.7 Å². The molecule has 2 heterocycles. The smallest absolute Gasteiger partial charge is 0.248 e. The number of likely N-dealkylation sites (tertiary alicyclic amines) is 1. The second-order valence-electron chi connectivity index (χ2n) is 7.42. The Labute approximate surface area is 169 Å². The fourth-order valence-corrected chi connectivity index (χ4v) is 3.58. The average Bonchev–Trinajstić information content (AvgIpc) is 2.65. The number of amides is 2. The van der Waals surface area contributed by atoms with Crippen molar-refractivity contribution in [3.05, 3.63) is 64.4 Å². The second-order valence-corrected chi connectivity index (χ2v) is 7.86. The van der Waals surface area contributed by atoms with Gasteiger partial charge in [0.05, 0.1) is 11.5 Å². The number of carbonyl (C=O) groups excluding carboxylic acids is 2. The number of benzene rings is 1. The van der Waals surface area contributed by atoms with Gasteiger partial charge in [-0.05, 0) is 49.6 Å². The minimum absolute atomic E-state index is 0.113. The molecule has 1 fully saturated rings. The standard InChI is InChI=1S/C21H24ClN3O3/c1-14-3-6-17(10-23-14)15(2)24-20(28)21(12-25(13-21)19(27)11-26)9-16-4-7-18(22)8-5-16/h3-8,10,15,26H,9,11-13H2,1-2H3,(H,24,28). The van der Waals surface area contributed by atoms with Gasteiger partial charge in [0.25, 0.3) is 0 Å². The van der Waals surface area contributed by atoms with Crippen LogP contribution in [0.2, 0.25) is 5.02 Å². The van der Waals surface area contributed by atoms with Crippen molar-refractivity contribution in [3.8, 4) is 0 Å². The van der Waals surface area contributed by atoms with Gasteiger partial charge in [-0.3, -0.25) is 14.6 Å². The third-order valence-corrected chi connectivity index (χ3v) is 5.45. The van der Waals surface area contributed by atoms with Gasteiger partial charge >= 0.3 is 0 Å². The molecule has 1 aliphatic heterocycles. The maximum absolute atomic E-state index is 13.2. The summed E-state index contributed by atoms with van der Waals surface area (Å²) in [6, 6.07) is 11.0. The molecule has 1 aromatic carbocycles. The average molecular weight is 402 g/mol. The maximum atomic E-state index is 13.2. The van der Waals surface area contributed by atoms with Crippen molar-refractivity contribution in [3.63, 3.8) is 0 Å². The van der Waals surface area contributed by atoms with Crippen LogP contribution in [0.1, 0.15) is 29.8 Å². The van der Waals surface area contributed by atoms with E-state index in [0.717, 1.165) is 16.8 Å². The maximum Gasteiger partial charge on any atom is 0.248 e. The van der Waals surface area contributed by atoms with E-state index in [9.17, 15) is 9.59 Å². The number of nitrogens with zero attached hydrogens (tertiary/aromatic N) is 2. The lowest BCUT2D eigenvalue weighted by atomic mass is 9.73. The van der Waals surface area contributed by atoms with Gasteiger partial charge in [0.2, 0.25) is 11.8 Å². The molecular formula is C21H24ClN3O3. The topological polar surface area (TPSA) is 82.5 Å². The van der Waals surface area contributed by atoms with E-state index in [2.05, 4.69) is 10.3 Å². The van der Waals surface area contributed by atoms with Crippen LogP contribution in [0.25, 0.3) is 0 Å². The van der Waals surface area contributed by atoms with Crippen molar-refractivity contribution in [2.24, 2.45) is 5.41 Å². The van der Waals surface area contributed by atoms with Gasteiger partial charge in [-0.2, -0.15) is 0 Å². The Kier molecular flexibility index (Phi) is 6.01. The molecule has 3 rings (SSSR count). The summed E-state index contributed by atoms with van der Waals surface area (Å²) >= 11 is 5.96. The van der Waals surface area contributed by atoms with E-state index in [4.69, 9.17) is 16.7 Å². The van der Waals surface area contributed by atoms with Crippen LogP contribution in [0.15, 0.2) is 42.6 Å². The number of pyridine rings is 1. The highest BCUT2D eigenvalue weighted by atomic mass is 35.5. The minimum Gasteiger partial charge on any atom is -0.387 e. The number of hydrogen-bond donors (Lipinski definition) is 2. The van der Waals surface area contributed by atoms with Crippen molar-refractivity contribution in [1.29, 1.82) is 0 Å². The van der Waals surface area contributed by atoms with Gasteiger partial charge in [0, 0.05) is 30.0 Å². The Bertz CT molecular complexity index is 846. The van der Waals surface area contributed by atoms with Gasteiger partial charge in [0.1, 0.15) is 6.61 Å². The summed E-state index contributed by atoms with van der Waals surface area (Å²) in [6.45, 7) is 3.83. The number of carbonyl (C=O) groups is 2. The summed E-state index contributed by atoms with van der Waals surface area (Å²) in [6.07, 6.45) is 2.25. The summed E-state index contributed by atoms with van der Waals surface area (Å²) in [4.78, 5) is 30.8. The van der Waals surface area contributed by atoms with E-state index >= 15 is 0 Å². The lowest BCUT2D eigenvalue weighted by Crippen LogP contribution is -2.66. The number of halogens is 1. The molecule has 1 unspecified atom stereocenters. The number of hydrogen-bond acceptors (Lipinski definition) is 4. The van der Waals surface area contributed by atoms with Gasteiger partial charge in [-0.1, -0.05) is 29.8 Å². The minimum atomic E-state index is -0.731. The van der Waals surface area contributed by atoms with E-state index in [1.54, 1.807) is 18.3 Å². The number of rotatable bonds is 6. The Morgan fingerprint density at radius 2 is 1.93 bits per heavy atom. The summed E-state index contributed by atoms with van der Waals surface area (Å²) < 4.78 is 0. The Balaban J connectivity index is 1.76. The highest BCUT2D eigenvalue weighted by Crippen LogP contribution is 2.35. The predicted octanol–water partition coefficient (Wildman–Crippen LogP) is 2.28. The Morgan fingerprint density at radius 3 is 2.50 bits per heavy atom. The molecule has 6 nitrogen and oxygen atoms in total. The fraction of sp³-hybridized carbons (Fsp3) is 0.381. The van der Waals surface area contributed by atoms with Crippen molar-refractivity contribution in [2.45, 2.75) is 26.3 Å². The molecule has 0 bridgehead atoms. The molecule has 1 atom stereocenters. The van der Waals surface area contributed by atoms with Crippen LogP contribution in [-0.4, -0.2) is 46.5 Å². The molecule has 2 aromatic rings. The molecule has 1 aliphatic rings. The van der Waals surface area contributed by atoms with Crippen LogP contribution in [0.5, 0.6) is 0 Å². The van der Waals surface area contributed by atoms with Gasteiger partial charge < -0.3 is 15.3 Å². The van der Waals surface area contributed by atoms with Crippen LogP contribution in [0.3, 0.4) is 0 Å². The van der Waals surface area contributed by atoms with Crippen LogP contribution in [0.4, 0.5) is 0 Å². The van der Waals surface area contributed by atoms with Crippen molar-refractivity contribution >= 4 is 23.4 Å². The highest BCUT2D eigenvalue weighted by Gasteiger charge is 2.50. The lowest BCUT2D eigenvalue weighted by molar-refractivity contribution is -0.155. The van der Waals surface area contributed by atoms with E-state index < -0.39 is 12.0 Å². The number of aliphatic hydroxyl groups excluding tert-OH is 1. The molecule has 148 valence electrons. The van der Waals surface area contributed by atoms with Crippen molar-refractivity contribution in [2.75, 3.05) is 19.7 Å². The highest BCUT2D eigenvalue weighted by molar-refractivity contribution is 6.30. The summed E-state index contributed by atoms with van der Waals surface area (Å²) in [5.74, 6) is -0.479.